The topological polar surface area (TPSA) is 85.8 Å². The van der Waals surface area contributed by atoms with Crippen molar-refractivity contribution in [3.8, 4) is 5.75 Å². The Hall–Kier alpha value is -4.65. The summed E-state index contributed by atoms with van der Waals surface area (Å²) in [6.07, 6.45) is 0. The lowest BCUT2D eigenvalue weighted by molar-refractivity contribution is 0.0969. The number of para-hydroxylation sites is 1. The van der Waals surface area contributed by atoms with Crippen LogP contribution in [0.1, 0.15) is 39.0 Å². The van der Waals surface area contributed by atoms with Crippen molar-refractivity contribution in [2.24, 2.45) is 0 Å². The quantitative estimate of drug-likeness (QED) is 0.345. The van der Waals surface area contributed by atoms with Crippen LogP contribution in [0.3, 0.4) is 0 Å². The van der Waals surface area contributed by atoms with Crippen LogP contribution in [-0.2, 0) is 6.61 Å². The molecule has 1 atom stereocenters. The summed E-state index contributed by atoms with van der Waals surface area (Å²) in [4.78, 5) is 28.5. The Bertz CT molecular complexity index is 1600. The van der Waals surface area contributed by atoms with E-state index in [1.165, 1.54) is 4.90 Å². The summed E-state index contributed by atoms with van der Waals surface area (Å²) in [7, 11) is 0. The van der Waals surface area contributed by atoms with Crippen molar-refractivity contribution in [2.45, 2.75) is 19.6 Å². The molecule has 0 saturated heterocycles. The maximum absolute atomic E-state index is 13.6. The average Bonchev–Trinajstić information content (AvgIpc) is 3.44. The van der Waals surface area contributed by atoms with E-state index in [0.717, 1.165) is 11.1 Å². The number of aryl methyl sites for hydroxylation is 1. The van der Waals surface area contributed by atoms with Crippen molar-refractivity contribution in [3.63, 3.8) is 0 Å². The van der Waals surface area contributed by atoms with Crippen LogP contribution in [0.15, 0.2) is 98.7 Å². The van der Waals surface area contributed by atoms with Crippen LogP contribution in [0.4, 0.5) is 5.82 Å². The molecule has 0 saturated carbocycles. The Kier molecular flexibility index (Phi) is 4.95. The van der Waals surface area contributed by atoms with Crippen LogP contribution in [0.25, 0.3) is 11.0 Å². The predicted octanol–water partition coefficient (Wildman–Crippen LogP) is 5.42. The van der Waals surface area contributed by atoms with E-state index in [1.807, 2.05) is 54.6 Å². The summed E-state index contributed by atoms with van der Waals surface area (Å²) in [6.45, 7) is 2.18. The molecule has 1 unspecified atom stereocenters. The minimum atomic E-state index is -0.717. The summed E-state index contributed by atoms with van der Waals surface area (Å²) >= 11 is 0. The number of benzene rings is 3. The molecule has 2 aromatic heterocycles. The van der Waals surface area contributed by atoms with E-state index in [0.29, 0.717) is 34.9 Å². The van der Waals surface area contributed by atoms with E-state index in [1.54, 1.807) is 37.3 Å². The second kappa shape index (κ2) is 8.29. The third-order valence-corrected chi connectivity index (χ3v) is 6.08. The van der Waals surface area contributed by atoms with E-state index < -0.39 is 11.9 Å². The molecule has 0 N–H and O–H groups in total. The van der Waals surface area contributed by atoms with Crippen molar-refractivity contribution in [1.82, 2.24) is 5.16 Å². The Morgan fingerprint density at radius 3 is 2.43 bits per heavy atom. The fraction of sp³-hybridized carbons (Fsp3) is 0.107. The first-order valence-electron chi connectivity index (χ1n) is 11.2. The van der Waals surface area contributed by atoms with Gasteiger partial charge in [0.25, 0.3) is 5.91 Å². The van der Waals surface area contributed by atoms with Gasteiger partial charge in [0.15, 0.2) is 11.2 Å². The van der Waals surface area contributed by atoms with Gasteiger partial charge in [-0.2, -0.15) is 0 Å². The molecule has 1 aliphatic heterocycles. The lowest BCUT2D eigenvalue weighted by Gasteiger charge is -2.22. The molecular formula is C28H20N2O5. The van der Waals surface area contributed by atoms with Gasteiger partial charge in [-0.1, -0.05) is 59.8 Å². The Morgan fingerprint density at radius 1 is 0.943 bits per heavy atom. The molecule has 1 amide bonds. The van der Waals surface area contributed by atoms with Crippen LogP contribution in [0.2, 0.25) is 0 Å². The van der Waals surface area contributed by atoms with Gasteiger partial charge in [-0.3, -0.25) is 14.5 Å². The second-order valence-electron chi connectivity index (χ2n) is 8.39. The van der Waals surface area contributed by atoms with Gasteiger partial charge in [-0.15, -0.1) is 0 Å². The van der Waals surface area contributed by atoms with E-state index in [9.17, 15) is 9.59 Å². The molecule has 7 heteroatoms. The zero-order chi connectivity index (χ0) is 23.9. The molecule has 172 valence electrons. The van der Waals surface area contributed by atoms with E-state index in [4.69, 9.17) is 13.7 Å². The van der Waals surface area contributed by atoms with Gasteiger partial charge in [-0.25, -0.2) is 0 Å². The zero-order valence-electron chi connectivity index (χ0n) is 18.8. The molecule has 0 bridgehead atoms. The summed E-state index contributed by atoms with van der Waals surface area (Å²) in [5.41, 5.74) is 2.20. The number of ether oxygens (including phenoxy) is 1. The van der Waals surface area contributed by atoms with Crippen LogP contribution >= 0.6 is 0 Å². The van der Waals surface area contributed by atoms with Crippen LogP contribution in [0.5, 0.6) is 5.75 Å². The number of rotatable bonds is 5. The molecule has 0 radical (unpaired) electrons. The fourth-order valence-electron chi connectivity index (χ4n) is 4.43. The smallest absolute Gasteiger partial charge is 0.296 e. The van der Waals surface area contributed by atoms with Crippen LogP contribution < -0.4 is 15.1 Å². The van der Waals surface area contributed by atoms with Gasteiger partial charge >= 0.3 is 0 Å². The highest BCUT2D eigenvalue weighted by atomic mass is 16.5. The minimum Gasteiger partial charge on any atom is -0.489 e. The molecule has 0 aliphatic carbocycles. The normalized spacial score (nSPS) is 14.9. The van der Waals surface area contributed by atoms with Gasteiger partial charge in [-0.05, 0) is 42.3 Å². The number of fused-ring (bicyclic) bond motifs is 2. The van der Waals surface area contributed by atoms with Crippen molar-refractivity contribution in [3.05, 3.63) is 123 Å². The number of carbonyl (C=O) groups is 1. The van der Waals surface area contributed by atoms with Gasteiger partial charge in [0, 0.05) is 6.07 Å². The molecule has 0 spiro atoms. The highest BCUT2D eigenvalue weighted by Crippen LogP contribution is 2.41. The standard InChI is InChI=1S/C28H20N2O5/c1-17-15-23(29-35-17)30-25(19-11-13-20(14-12-19)33-16-18-7-3-2-4-8-18)24-26(31)21-9-5-6-10-22(21)34-27(24)28(30)32/h2-15,25H,16H2,1H3. The predicted molar refractivity (Wildman–Crippen MR) is 130 cm³/mol. The number of amides is 1. The van der Waals surface area contributed by atoms with Crippen molar-refractivity contribution >= 4 is 22.7 Å². The molecule has 5 aromatic rings. The van der Waals surface area contributed by atoms with Gasteiger partial charge in [0.05, 0.1) is 17.0 Å². The first-order valence-corrected chi connectivity index (χ1v) is 11.2. The zero-order valence-corrected chi connectivity index (χ0v) is 18.8. The molecule has 1 aliphatic rings. The number of aromatic nitrogens is 1. The third kappa shape index (κ3) is 3.58. The molecule has 7 nitrogen and oxygen atoms in total. The summed E-state index contributed by atoms with van der Waals surface area (Å²) < 4.78 is 17.1. The van der Waals surface area contributed by atoms with E-state index in [2.05, 4.69) is 5.16 Å². The largest absolute Gasteiger partial charge is 0.489 e. The molecule has 0 fully saturated rings. The van der Waals surface area contributed by atoms with Gasteiger partial charge < -0.3 is 13.7 Å². The van der Waals surface area contributed by atoms with E-state index >= 15 is 0 Å². The molecule has 6 rings (SSSR count). The lowest BCUT2D eigenvalue weighted by atomic mass is 9.98. The maximum atomic E-state index is 13.6. The molecular weight excluding hydrogens is 444 g/mol. The van der Waals surface area contributed by atoms with Gasteiger partial charge in [0.2, 0.25) is 5.76 Å². The summed E-state index contributed by atoms with van der Waals surface area (Å²) in [5, 5.41) is 4.47. The van der Waals surface area contributed by atoms with Crippen molar-refractivity contribution in [1.29, 1.82) is 0 Å². The SMILES string of the molecule is Cc1cc(N2C(=O)c3oc4ccccc4c(=O)c3C2c2ccc(OCc3ccccc3)cc2)no1. The number of hydrogen-bond donors (Lipinski definition) is 0. The number of carbonyl (C=O) groups excluding carboxylic acids is 1. The van der Waals surface area contributed by atoms with Crippen LogP contribution in [0, 0.1) is 6.92 Å². The van der Waals surface area contributed by atoms with Crippen molar-refractivity contribution < 1.29 is 18.5 Å². The van der Waals surface area contributed by atoms with Gasteiger partial charge in [0.1, 0.15) is 23.7 Å². The molecule has 3 aromatic carbocycles. The minimum absolute atomic E-state index is 0.0174. The Morgan fingerprint density at radius 2 is 1.69 bits per heavy atom. The maximum Gasteiger partial charge on any atom is 0.296 e. The van der Waals surface area contributed by atoms with Crippen LogP contribution in [-0.4, -0.2) is 11.1 Å². The first-order chi connectivity index (χ1) is 17.1. The Labute approximate surface area is 200 Å². The number of anilines is 1. The van der Waals surface area contributed by atoms with Crippen molar-refractivity contribution in [2.75, 3.05) is 4.90 Å². The molecule has 35 heavy (non-hydrogen) atoms. The fourth-order valence-corrected chi connectivity index (χ4v) is 4.43. The highest BCUT2D eigenvalue weighted by molar-refractivity contribution is 6.10. The monoisotopic (exact) mass is 464 g/mol. The number of hydrogen-bond acceptors (Lipinski definition) is 6. The highest BCUT2D eigenvalue weighted by Gasteiger charge is 2.44. The summed E-state index contributed by atoms with van der Waals surface area (Å²) in [6, 6.07) is 25.1. The number of nitrogens with zero attached hydrogens (tertiary/aromatic N) is 2. The second-order valence-corrected chi connectivity index (χ2v) is 8.39. The van der Waals surface area contributed by atoms with E-state index in [-0.39, 0.29) is 16.8 Å². The molecule has 3 heterocycles. The third-order valence-electron chi connectivity index (χ3n) is 6.08. The Balaban J connectivity index is 1.43. The average molecular weight is 464 g/mol. The summed E-state index contributed by atoms with van der Waals surface area (Å²) in [5.74, 6) is 1.12. The first kappa shape index (κ1) is 20.9. The lowest BCUT2D eigenvalue weighted by Crippen LogP contribution is -2.29.